The number of amides is 1. The van der Waals surface area contributed by atoms with Gasteiger partial charge in [0.2, 0.25) is 0 Å². The number of carbonyl (C=O) groups excluding carboxylic acids is 1. The third-order valence-electron chi connectivity index (χ3n) is 3.16. The Labute approximate surface area is 116 Å². The van der Waals surface area contributed by atoms with Crippen molar-refractivity contribution >= 4 is 11.7 Å². The van der Waals surface area contributed by atoms with Gasteiger partial charge >= 0.3 is 0 Å². The molecule has 3 rings (SSSR count). The Morgan fingerprint density at radius 3 is 2.95 bits per heavy atom. The molecule has 6 nitrogen and oxygen atoms in total. The van der Waals surface area contributed by atoms with Crippen molar-refractivity contribution in [1.29, 1.82) is 0 Å². The molecule has 102 valence electrons. The molecule has 0 fully saturated rings. The molecule has 0 radical (unpaired) electrons. The van der Waals surface area contributed by atoms with E-state index in [4.69, 9.17) is 10.5 Å². The Bertz CT molecular complexity index is 645. The van der Waals surface area contributed by atoms with E-state index >= 15 is 0 Å². The number of rotatable bonds is 2. The second-order valence-corrected chi connectivity index (χ2v) is 4.58. The normalized spacial score (nSPS) is 16.9. The summed E-state index contributed by atoms with van der Waals surface area (Å²) in [7, 11) is 0. The summed E-state index contributed by atoms with van der Waals surface area (Å²) in [5.41, 5.74) is 6.86. The lowest BCUT2D eigenvalue weighted by Crippen LogP contribution is -2.43. The summed E-state index contributed by atoms with van der Waals surface area (Å²) >= 11 is 0. The molecule has 0 bridgehead atoms. The van der Waals surface area contributed by atoms with Crippen LogP contribution < -0.4 is 15.8 Å². The van der Waals surface area contributed by atoms with Gasteiger partial charge in [0.25, 0.3) is 5.91 Å². The standard InChI is InChI=1S/C14H14N4O2/c15-13-12(16-5-6-17-13)14(19)18-10-7-9-3-1-2-4-11(9)20-8-10/h1-6,10H,7-8H2,(H2,15,17)(H,18,19)/t10-/m1/s1. The molecule has 1 amide bonds. The maximum atomic E-state index is 12.1. The summed E-state index contributed by atoms with van der Waals surface area (Å²) in [6, 6.07) is 7.70. The van der Waals surface area contributed by atoms with Gasteiger partial charge in [-0.2, -0.15) is 0 Å². The average molecular weight is 270 g/mol. The Morgan fingerprint density at radius 2 is 2.10 bits per heavy atom. The van der Waals surface area contributed by atoms with Crippen molar-refractivity contribution in [1.82, 2.24) is 15.3 Å². The van der Waals surface area contributed by atoms with Crippen molar-refractivity contribution in [2.24, 2.45) is 0 Å². The van der Waals surface area contributed by atoms with Crippen molar-refractivity contribution in [2.75, 3.05) is 12.3 Å². The van der Waals surface area contributed by atoms with Crippen LogP contribution in [0.1, 0.15) is 16.1 Å². The van der Waals surface area contributed by atoms with Gasteiger partial charge in [-0.3, -0.25) is 4.79 Å². The smallest absolute Gasteiger partial charge is 0.274 e. The topological polar surface area (TPSA) is 90.1 Å². The Hall–Kier alpha value is -2.63. The zero-order chi connectivity index (χ0) is 13.9. The van der Waals surface area contributed by atoms with E-state index < -0.39 is 0 Å². The maximum Gasteiger partial charge on any atom is 0.274 e. The first kappa shape index (κ1) is 12.4. The summed E-state index contributed by atoms with van der Waals surface area (Å²) in [5, 5.41) is 2.87. The SMILES string of the molecule is Nc1nccnc1C(=O)N[C@H]1COc2ccccc2C1. The van der Waals surface area contributed by atoms with Crippen LogP contribution in [0.5, 0.6) is 5.75 Å². The van der Waals surface area contributed by atoms with Crippen LogP contribution in [0.25, 0.3) is 0 Å². The van der Waals surface area contributed by atoms with Crippen molar-refractivity contribution in [2.45, 2.75) is 12.5 Å². The van der Waals surface area contributed by atoms with Gasteiger partial charge in [0.15, 0.2) is 11.5 Å². The molecule has 0 saturated carbocycles. The fourth-order valence-electron chi connectivity index (χ4n) is 2.20. The van der Waals surface area contributed by atoms with Crippen LogP contribution in [0.2, 0.25) is 0 Å². The third-order valence-corrected chi connectivity index (χ3v) is 3.16. The van der Waals surface area contributed by atoms with E-state index in [1.54, 1.807) is 0 Å². The fraction of sp³-hybridized carbons (Fsp3) is 0.214. The number of ether oxygens (including phenoxy) is 1. The molecule has 1 atom stereocenters. The number of fused-ring (bicyclic) bond motifs is 1. The van der Waals surface area contributed by atoms with Crippen molar-refractivity contribution in [3.8, 4) is 5.75 Å². The number of nitrogens with two attached hydrogens (primary N) is 1. The van der Waals surface area contributed by atoms with Crippen LogP contribution in [0.4, 0.5) is 5.82 Å². The van der Waals surface area contributed by atoms with E-state index in [9.17, 15) is 4.79 Å². The number of para-hydroxylation sites is 1. The second-order valence-electron chi connectivity index (χ2n) is 4.58. The molecule has 0 spiro atoms. The Kier molecular flexibility index (Phi) is 3.20. The van der Waals surface area contributed by atoms with E-state index in [2.05, 4.69) is 15.3 Å². The highest BCUT2D eigenvalue weighted by Gasteiger charge is 2.23. The number of aromatic nitrogens is 2. The molecule has 0 unspecified atom stereocenters. The predicted octanol–water partition coefficient (Wildman–Crippen LogP) is 0.792. The summed E-state index contributed by atoms with van der Waals surface area (Å²) in [4.78, 5) is 19.9. The molecule has 2 heterocycles. The number of nitrogens with zero attached hydrogens (tertiary/aromatic N) is 2. The molecule has 0 aliphatic carbocycles. The first-order chi connectivity index (χ1) is 9.74. The number of hydrogen-bond acceptors (Lipinski definition) is 5. The molecular weight excluding hydrogens is 256 g/mol. The number of nitrogens with one attached hydrogen (secondary N) is 1. The van der Waals surface area contributed by atoms with E-state index in [1.165, 1.54) is 12.4 Å². The molecule has 2 aromatic rings. The van der Waals surface area contributed by atoms with Gasteiger partial charge in [-0.15, -0.1) is 0 Å². The molecule has 6 heteroatoms. The zero-order valence-corrected chi connectivity index (χ0v) is 10.7. The monoisotopic (exact) mass is 270 g/mol. The van der Waals surface area contributed by atoms with Gasteiger partial charge in [-0.25, -0.2) is 9.97 Å². The van der Waals surface area contributed by atoms with Crippen molar-refractivity contribution in [3.63, 3.8) is 0 Å². The van der Waals surface area contributed by atoms with E-state index in [0.717, 1.165) is 17.7 Å². The van der Waals surface area contributed by atoms with E-state index in [1.807, 2.05) is 24.3 Å². The summed E-state index contributed by atoms with van der Waals surface area (Å²) < 4.78 is 5.62. The molecule has 1 aliphatic heterocycles. The van der Waals surface area contributed by atoms with Gasteiger partial charge in [0, 0.05) is 12.4 Å². The number of carbonyl (C=O) groups is 1. The maximum absolute atomic E-state index is 12.1. The zero-order valence-electron chi connectivity index (χ0n) is 10.7. The highest BCUT2D eigenvalue weighted by atomic mass is 16.5. The number of benzene rings is 1. The minimum Gasteiger partial charge on any atom is -0.491 e. The third kappa shape index (κ3) is 2.40. The lowest BCUT2D eigenvalue weighted by molar-refractivity contribution is 0.0911. The fourth-order valence-corrected chi connectivity index (χ4v) is 2.20. The van der Waals surface area contributed by atoms with Crippen LogP contribution in [-0.2, 0) is 6.42 Å². The molecule has 1 aromatic carbocycles. The van der Waals surface area contributed by atoms with Gasteiger partial charge in [0.1, 0.15) is 12.4 Å². The summed E-state index contributed by atoms with van der Waals surface area (Å²) in [6.45, 7) is 0.433. The molecular formula is C14H14N4O2. The second kappa shape index (κ2) is 5.16. The Morgan fingerprint density at radius 1 is 1.30 bits per heavy atom. The van der Waals surface area contributed by atoms with Crippen molar-refractivity contribution < 1.29 is 9.53 Å². The lowest BCUT2D eigenvalue weighted by atomic mass is 10.0. The van der Waals surface area contributed by atoms with Crippen LogP contribution in [-0.4, -0.2) is 28.5 Å². The lowest BCUT2D eigenvalue weighted by Gasteiger charge is -2.25. The quantitative estimate of drug-likeness (QED) is 0.842. The Balaban J connectivity index is 1.71. The number of hydrogen-bond donors (Lipinski definition) is 2. The summed E-state index contributed by atoms with van der Waals surface area (Å²) in [5.74, 6) is 0.669. The van der Waals surface area contributed by atoms with Gasteiger partial charge < -0.3 is 15.8 Å². The molecule has 1 aliphatic rings. The first-order valence-corrected chi connectivity index (χ1v) is 6.32. The largest absolute Gasteiger partial charge is 0.491 e. The summed E-state index contributed by atoms with van der Waals surface area (Å²) in [6.07, 6.45) is 3.62. The highest BCUT2D eigenvalue weighted by molar-refractivity contribution is 5.96. The average Bonchev–Trinajstić information content (AvgIpc) is 2.47. The van der Waals surface area contributed by atoms with Gasteiger partial charge in [0.05, 0.1) is 6.04 Å². The minimum absolute atomic E-state index is 0.0983. The van der Waals surface area contributed by atoms with Crippen LogP contribution in [0.15, 0.2) is 36.7 Å². The van der Waals surface area contributed by atoms with Crippen LogP contribution in [0.3, 0.4) is 0 Å². The van der Waals surface area contributed by atoms with Gasteiger partial charge in [-0.1, -0.05) is 18.2 Å². The first-order valence-electron chi connectivity index (χ1n) is 6.32. The van der Waals surface area contributed by atoms with Crippen molar-refractivity contribution in [3.05, 3.63) is 47.9 Å². The highest BCUT2D eigenvalue weighted by Crippen LogP contribution is 2.24. The van der Waals surface area contributed by atoms with Gasteiger partial charge in [-0.05, 0) is 18.1 Å². The van der Waals surface area contributed by atoms with E-state index in [0.29, 0.717) is 6.61 Å². The van der Waals surface area contributed by atoms with E-state index in [-0.39, 0.29) is 23.5 Å². The molecule has 1 aromatic heterocycles. The minimum atomic E-state index is -0.330. The number of nitrogen functional groups attached to an aromatic ring is 1. The van der Waals surface area contributed by atoms with Crippen LogP contribution in [0, 0.1) is 0 Å². The number of anilines is 1. The predicted molar refractivity (Wildman–Crippen MR) is 73.3 cm³/mol. The molecule has 0 saturated heterocycles. The molecule has 3 N–H and O–H groups in total. The van der Waals surface area contributed by atoms with Crippen LogP contribution >= 0.6 is 0 Å². The molecule has 20 heavy (non-hydrogen) atoms.